The standard InChI is InChI=1S/C19H20N2O3S/c22-18(7-6-16-4-3-11-25-16)21-13-19(14-21)15(8-10-24-19)12-23-17-5-1-2-9-20-17/h1-7,9,11,15H,8,10,12-14H2/b7-6+/t15-/m0/s1. The zero-order valence-corrected chi connectivity index (χ0v) is 14.7. The maximum Gasteiger partial charge on any atom is 0.246 e. The van der Waals surface area contributed by atoms with Crippen LogP contribution >= 0.6 is 11.3 Å². The molecule has 0 saturated carbocycles. The molecule has 0 aliphatic carbocycles. The predicted octanol–water partition coefficient (Wildman–Crippen LogP) is 2.85. The maximum atomic E-state index is 12.3. The lowest BCUT2D eigenvalue weighted by Gasteiger charge is -2.49. The van der Waals surface area contributed by atoms with Gasteiger partial charge in [-0.1, -0.05) is 12.1 Å². The Balaban J connectivity index is 1.31. The monoisotopic (exact) mass is 356 g/mol. The summed E-state index contributed by atoms with van der Waals surface area (Å²) in [5, 5.41) is 2.00. The molecule has 0 unspecified atom stereocenters. The summed E-state index contributed by atoms with van der Waals surface area (Å²) >= 11 is 1.62. The van der Waals surface area contributed by atoms with Crippen molar-refractivity contribution >= 4 is 23.3 Å². The molecule has 1 spiro atoms. The molecule has 0 aromatic carbocycles. The summed E-state index contributed by atoms with van der Waals surface area (Å²) in [5.41, 5.74) is -0.249. The summed E-state index contributed by atoms with van der Waals surface area (Å²) in [6, 6.07) is 9.61. The molecular weight excluding hydrogens is 336 g/mol. The van der Waals surface area contributed by atoms with Gasteiger partial charge in [-0.05, 0) is 30.0 Å². The first-order chi connectivity index (χ1) is 12.3. The van der Waals surface area contributed by atoms with Crippen LogP contribution in [0.2, 0.25) is 0 Å². The average molecular weight is 356 g/mol. The number of carbonyl (C=O) groups is 1. The van der Waals surface area contributed by atoms with Gasteiger partial charge in [-0.15, -0.1) is 11.3 Å². The van der Waals surface area contributed by atoms with Crippen molar-refractivity contribution in [1.82, 2.24) is 9.88 Å². The largest absolute Gasteiger partial charge is 0.477 e. The van der Waals surface area contributed by atoms with Crippen molar-refractivity contribution in [2.75, 3.05) is 26.3 Å². The minimum atomic E-state index is -0.249. The van der Waals surface area contributed by atoms with Gasteiger partial charge < -0.3 is 14.4 Å². The minimum Gasteiger partial charge on any atom is -0.477 e. The Morgan fingerprint density at radius 1 is 1.40 bits per heavy atom. The molecule has 0 radical (unpaired) electrons. The van der Waals surface area contributed by atoms with Crippen LogP contribution < -0.4 is 4.74 Å². The van der Waals surface area contributed by atoms with Gasteiger partial charge in [0.15, 0.2) is 0 Å². The first-order valence-corrected chi connectivity index (χ1v) is 9.31. The number of pyridine rings is 1. The fourth-order valence-electron chi connectivity index (χ4n) is 3.39. The molecule has 0 bridgehead atoms. The van der Waals surface area contributed by atoms with Crippen LogP contribution in [0.3, 0.4) is 0 Å². The second-order valence-electron chi connectivity index (χ2n) is 6.42. The third kappa shape index (κ3) is 3.45. The summed E-state index contributed by atoms with van der Waals surface area (Å²) in [4.78, 5) is 19.4. The van der Waals surface area contributed by atoms with Crippen molar-refractivity contribution in [3.8, 4) is 5.88 Å². The molecule has 2 aromatic rings. The van der Waals surface area contributed by atoms with E-state index in [9.17, 15) is 4.79 Å². The maximum absolute atomic E-state index is 12.3. The Morgan fingerprint density at radius 3 is 3.08 bits per heavy atom. The summed E-state index contributed by atoms with van der Waals surface area (Å²) < 4.78 is 11.8. The highest BCUT2D eigenvalue weighted by molar-refractivity contribution is 7.10. The molecule has 130 valence electrons. The molecule has 2 aliphatic heterocycles. The van der Waals surface area contributed by atoms with Gasteiger partial charge in [-0.2, -0.15) is 0 Å². The van der Waals surface area contributed by atoms with Crippen LogP contribution in [0.15, 0.2) is 48.0 Å². The van der Waals surface area contributed by atoms with Gasteiger partial charge in [0.25, 0.3) is 0 Å². The van der Waals surface area contributed by atoms with Crippen molar-refractivity contribution in [2.24, 2.45) is 5.92 Å². The highest BCUT2D eigenvalue weighted by Crippen LogP contribution is 2.40. The van der Waals surface area contributed by atoms with E-state index in [2.05, 4.69) is 4.98 Å². The number of carbonyl (C=O) groups excluding carboxylic acids is 1. The van der Waals surface area contributed by atoms with Crippen LogP contribution in [0, 0.1) is 5.92 Å². The number of aromatic nitrogens is 1. The minimum absolute atomic E-state index is 0.0407. The first-order valence-electron chi connectivity index (χ1n) is 8.43. The molecule has 0 N–H and O–H groups in total. The van der Waals surface area contributed by atoms with Crippen LogP contribution in [0.4, 0.5) is 0 Å². The van der Waals surface area contributed by atoms with Crippen molar-refractivity contribution in [3.05, 3.63) is 52.9 Å². The van der Waals surface area contributed by atoms with Gasteiger partial charge in [-0.3, -0.25) is 4.79 Å². The highest BCUT2D eigenvalue weighted by atomic mass is 32.1. The highest BCUT2D eigenvalue weighted by Gasteiger charge is 2.54. The smallest absolute Gasteiger partial charge is 0.246 e. The molecule has 6 heteroatoms. The molecule has 2 aromatic heterocycles. The van der Waals surface area contributed by atoms with Crippen molar-refractivity contribution < 1.29 is 14.3 Å². The van der Waals surface area contributed by atoms with E-state index in [-0.39, 0.29) is 11.5 Å². The van der Waals surface area contributed by atoms with Gasteiger partial charge in [0, 0.05) is 35.7 Å². The molecule has 2 saturated heterocycles. The fourth-order valence-corrected chi connectivity index (χ4v) is 4.01. The molecule has 1 amide bonds. The SMILES string of the molecule is O=C(/C=C/c1cccs1)N1CC2(C1)OCC[C@H]2COc1ccccn1. The van der Waals surface area contributed by atoms with Gasteiger partial charge in [0.1, 0.15) is 5.60 Å². The van der Waals surface area contributed by atoms with Crippen LogP contribution in [0.1, 0.15) is 11.3 Å². The Labute approximate surface area is 150 Å². The van der Waals surface area contributed by atoms with E-state index >= 15 is 0 Å². The molecule has 2 fully saturated rings. The second kappa shape index (κ2) is 6.98. The molecule has 1 atom stereocenters. The van der Waals surface area contributed by atoms with E-state index in [1.165, 1.54) is 0 Å². The second-order valence-corrected chi connectivity index (χ2v) is 7.40. The third-order valence-corrected chi connectivity index (χ3v) is 5.67. The van der Waals surface area contributed by atoms with E-state index < -0.39 is 0 Å². The van der Waals surface area contributed by atoms with Crippen molar-refractivity contribution in [2.45, 2.75) is 12.0 Å². The lowest BCUT2D eigenvalue weighted by molar-refractivity contribution is -0.162. The zero-order valence-electron chi connectivity index (χ0n) is 13.8. The number of hydrogen-bond acceptors (Lipinski definition) is 5. The number of likely N-dealkylation sites (tertiary alicyclic amines) is 1. The summed E-state index contributed by atoms with van der Waals surface area (Å²) in [7, 11) is 0. The van der Waals surface area contributed by atoms with Gasteiger partial charge in [-0.25, -0.2) is 4.98 Å². The third-order valence-electron chi connectivity index (χ3n) is 4.83. The first kappa shape index (κ1) is 16.3. The number of thiophene rings is 1. The number of hydrogen-bond donors (Lipinski definition) is 0. The van der Waals surface area contributed by atoms with E-state index in [0.29, 0.717) is 31.5 Å². The number of amides is 1. The Kier molecular flexibility index (Phi) is 4.55. The molecule has 4 rings (SSSR count). The van der Waals surface area contributed by atoms with E-state index in [1.54, 1.807) is 23.6 Å². The predicted molar refractivity (Wildman–Crippen MR) is 96.5 cm³/mol. The molecule has 5 nitrogen and oxygen atoms in total. The number of ether oxygens (including phenoxy) is 2. The molecule has 4 heterocycles. The van der Waals surface area contributed by atoms with Gasteiger partial charge in [0.2, 0.25) is 11.8 Å². The van der Waals surface area contributed by atoms with Crippen LogP contribution in [-0.4, -0.2) is 47.7 Å². The van der Waals surface area contributed by atoms with E-state index in [1.807, 2.05) is 46.7 Å². The van der Waals surface area contributed by atoms with E-state index in [4.69, 9.17) is 9.47 Å². The van der Waals surface area contributed by atoms with Crippen LogP contribution in [0.25, 0.3) is 6.08 Å². The Morgan fingerprint density at radius 2 is 2.32 bits per heavy atom. The Hall–Kier alpha value is -2.18. The summed E-state index contributed by atoms with van der Waals surface area (Å²) in [6.45, 7) is 2.57. The summed E-state index contributed by atoms with van der Waals surface area (Å²) in [5.74, 6) is 0.967. The van der Waals surface area contributed by atoms with Crippen LogP contribution in [-0.2, 0) is 9.53 Å². The van der Waals surface area contributed by atoms with Crippen LogP contribution in [0.5, 0.6) is 5.88 Å². The molecule has 2 aliphatic rings. The van der Waals surface area contributed by atoms with Gasteiger partial charge >= 0.3 is 0 Å². The van der Waals surface area contributed by atoms with Crippen molar-refractivity contribution in [3.63, 3.8) is 0 Å². The van der Waals surface area contributed by atoms with Crippen molar-refractivity contribution in [1.29, 1.82) is 0 Å². The summed E-state index contributed by atoms with van der Waals surface area (Å²) in [6.07, 6.45) is 6.20. The van der Waals surface area contributed by atoms with E-state index in [0.717, 1.165) is 17.9 Å². The lowest BCUT2D eigenvalue weighted by atomic mass is 9.81. The normalized spacial score (nSPS) is 21.6. The quantitative estimate of drug-likeness (QED) is 0.773. The number of rotatable bonds is 5. The number of nitrogens with zero attached hydrogens (tertiary/aromatic N) is 2. The molecular formula is C19H20N2O3S. The van der Waals surface area contributed by atoms with Gasteiger partial charge in [0.05, 0.1) is 19.7 Å². The zero-order chi connectivity index (χ0) is 17.1. The lowest BCUT2D eigenvalue weighted by Crippen LogP contribution is -2.66. The topological polar surface area (TPSA) is 51.7 Å². The molecule has 25 heavy (non-hydrogen) atoms. The fraction of sp³-hybridized carbons (Fsp3) is 0.368. The Bertz CT molecular complexity index is 739. The average Bonchev–Trinajstić information content (AvgIpc) is 3.27.